The lowest BCUT2D eigenvalue weighted by Gasteiger charge is -2.16. The minimum atomic E-state index is 0.858. The predicted molar refractivity (Wildman–Crippen MR) is 120 cm³/mol. The topological polar surface area (TPSA) is 30.7 Å². The first-order valence-electron chi connectivity index (χ1n) is 9.86. The van der Waals surface area contributed by atoms with Gasteiger partial charge in [0.15, 0.2) is 11.6 Å². The molecule has 0 amide bonds. The Labute approximate surface area is 170 Å². The summed E-state index contributed by atoms with van der Waals surface area (Å²) in [5, 5.41) is 11.6. The molecule has 1 aromatic heterocycles. The van der Waals surface area contributed by atoms with E-state index < -0.39 is 0 Å². The third-order valence-corrected chi connectivity index (χ3v) is 5.43. The Bertz CT molecular complexity index is 1250. The summed E-state index contributed by atoms with van der Waals surface area (Å²) in [6.45, 7) is 3.89. The van der Waals surface area contributed by atoms with Crippen molar-refractivity contribution in [3.05, 3.63) is 109 Å². The van der Waals surface area contributed by atoms with Crippen molar-refractivity contribution in [2.24, 2.45) is 0 Å². The Morgan fingerprint density at radius 1 is 0.759 bits per heavy atom. The molecule has 4 aromatic rings. The van der Waals surface area contributed by atoms with Crippen molar-refractivity contribution in [1.82, 2.24) is 14.8 Å². The van der Waals surface area contributed by atoms with Gasteiger partial charge in [0.2, 0.25) is 0 Å². The van der Waals surface area contributed by atoms with E-state index in [9.17, 15) is 0 Å². The van der Waals surface area contributed by atoms with E-state index in [1.165, 1.54) is 21.9 Å². The lowest BCUT2D eigenvalue weighted by atomic mass is 9.97. The normalized spacial score (nSPS) is 13.8. The number of aromatic nitrogens is 3. The molecule has 1 aliphatic carbocycles. The van der Waals surface area contributed by atoms with Crippen LogP contribution in [0, 0.1) is 0 Å². The molecule has 0 radical (unpaired) electrons. The molecule has 1 aliphatic rings. The molecule has 0 saturated heterocycles. The standard InChI is InChI=1S/C26H21N3/c1-2-19-15-17-22(18-16-19)26-28-27-25(21-10-4-3-5-11-21)29(26)24-14-8-12-20-9-6-7-13-23(20)24/h2-15,17H,1,16,18H2. The molecular formula is C26H21N3. The zero-order valence-electron chi connectivity index (χ0n) is 16.1. The largest absolute Gasteiger partial charge is 0.275 e. The maximum absolute atomic E-state index is 4.64. The van der Waals surface area contributed by atoms with Crippen LogP contribution in [0.3, 0.4) is 0 Å². The minimum absolute atomic E-state index is 0.858. The van der Waals surface area contributed by atoms with Crippen molar-refractivity contribution in [3.63, 3.8) is 0 Å². The van der Waals surface area contributed by atoms with E-state index in [0.717, 1.165) is 35.7 Å². The second kappa shape index (κ2) is 7.36. The van der Waals surface area contributed by atoms with E-state index in [1.54, 1.807) is 0 Å². The number of rotatable bonds is 4. The van der Waals surface area contributed by atoms with Crippen LogP contribution in [-0.4, -0.2) is 14.8 Å². The number of benzene rings is 3. The van der Waals surface area contributed by atoms with Crippen molar-refractivity contribution >= 4 is 16.3 Å². The molecule has 140 valence electrons. The van der Waals surface area contributed by atoms with Gasteiger partial charge in [-0.2, -0.15) is 0 Å². The molecule has 0 fully saturated rings. The molecule has 0 unspecified atom stereocenters. The second-order valence-corrected chi connectivity index (χ2v) is 7.18. The minimum Gasteiger partial charge on any atom is -0.275 e. The summed E-state index contributed by atoms with van der Waals surface area (Å²) in [6.07, 6.45) is 8.11. The van der Waals surface area contributed by atoms with Gasteiger partial charge in [-0.25, -0.2) is 0 Å². The van der Waals surface area contributed by atoms with E-state index in [2.05, 4.69) is 88.1 Å². The molecule has 0 N–H and O–H groups in total. The van der Waals surface area contributed by atoms with Crippen molar-refractivity contribution < 1.29 is 0 Å². The molecule has 5 rings (SSSR count). The average molecular weight is 375 g/mol. The zero-order valence-corrected chi connectivity index (χ0v) is 16.1. The molecule has 0 saturated carbocycles. The zero-order chi connectivity index (χ0) is 19.6. The first-order chi connectivity index (χ1) is 14.3. The molecule has 0 bridgehead atoms. The van der Waals surface area contributed by atoms with Gasteiger partial charge in [0, 0.05) is 10.9 Å². The van der Waals surface area contributed by atoms with Crippen LogP contribution >= 0.6 is 0 Å². The van der Waals surface area contributed by atoms with Crippen LogP contribution in [0.4, 0.5) is 0 Å². The highest BCUT2D eigenvalue weighted by Gasteiger charge is 2.20. The SMILES string of the molecule is C=CC1=CC=C(c2nnc(-c3ccccc3)n2-c2cccc3ccccc23)CC1. The Kier molecular flexibility index (Phi) is 4.41. The van der Waals surface area contributed by atoms with Gasteiger partial charge in [-0.15, -0.1) is 10.2 Å². The number of fused-ring (bicyclic) bond motifs is 1. The average Bonchev–Trinajstić information content (AvgIpc) is 3.24. The fourth-order valence-corrected chi connectivity index (χ4v) is 3.91. The summed E-state index contributed by atoms with van der Waals surface area (Å²) in [5.74, 6) is 1.76. The number of hydrogen-bond acceptors (Lipinski definition) is 2. The molecule has 3 heteroatoms. The van der Waals surface area contributed by atoms with Gasteiger partial charge in [0.1, 0.15) is 0 Å². The van der Waals surface area contributed by atoms with Crippen LogP contribution in [0.5, 0.6) is 0 Å². The summed E-state index contributed by atoms with van der Waals surface area (Å²) in [5.41, 5.74) is 4.60. The summed E-state index contributed by atoms with van der Waals surface area (Å²) < 4.78 is 2.20. The second-order valence-electron chi connectivity index (χ2n) is 7.18. The molecule has 3 aromatic carbocycles. The third kappa shape index (κ3) is 3.11. The molecule has 0 aliphatic heterocycles. The van der Waals surface area contributed by atoms with Gasteiger partial charge < -0.3 is 0 Å². The molecule has 0 spiro atoms. The first kappa shape index (κ1) is 17.4. The van der Waals surface area contributed by atoms with E-state index in [4.69, 9.17) is 0 Å². The highest BCUT2D eigenvalue weighted by Crippen LogP contribution is 2.33. The fourth-order valence-electron chi connectivity index (χ4n) is 3.91. The van der Waals surface area contributed by atoms with Crippen LogP contribution in [-0.2, 0) is 0 Å². The third-order valence-electron chi connectivity index (χ3n) is 5.43. The van der Waals surface area contributed by atoms with Gasteiger partial charge >= 0.3 is 0 Å². The summed E-state index contributed by atoms with van der Waals surface area (Å²) in [7, 11) is 0. The van der Waals surface area contributed by atoms with Crippen LogP contribution in [0.15, 0.2) is 103 Å². The molecule has 0 atom stereocenters. The molecule has 1 heterocycles. The summed E-state index contributed by atoms with van der Waals surface area (Å²) in [4.78, 5) is 0. The maximum Gasteiger partial charge on any atom is 0.168 e. The smallest absolute Gasteiger partial charge is 0.168 e. The highest BCUT2D eigenvalue weighted by atomic mass is 15.3. The number of nitrogens with zero attached hydrogens (tertiary/aromatic N) is 3. The van der Waals surface area contributed by atoms with Crippen LogP contribution in [0.25, 0.3) is 33.4 Å². The van der Waals surface area contributed by atoms with Gasteiger partial charge in [0.25, 0.3) is 0 Å². The maximum atomic E-state index is 4.64. The molecule has 29 heavy (non-hydrogen) atoms. The Balaban J connectivity index is 1.78. The van der Waals surface area contributed by atoms with Gasteiger partial charge in [-0.05, 0) is 35.4 Å². The molecule has 3 nitrogen and oxygen atoms in total. The Morgan fingerprint density at radius 3 is 2.31 bits per heavy atom. The fraction of sp³-hybridized carbons (Fsp3) is 0.0769. The van der Waals surface area contributed by atoms with Crippen LogP contribution < -0.4 is 0 Å². The lowest BCUT2D eigenvalue weighted by Crippen LogP contribution is -2.05. The summed E-state index contributed by atoms with van der Waals surface area (Å²) >= 11 is 0. The quantitative estimate of drug-likeness (QED) is 0.414. The first-order valence-corrected chi connectivity index (χ1v) is 9.86. The Hall–Kier alpha value is -3.72. The van der Waals surface area contributed by atoms with Gasteiger partial charge in [0.05, 0.1) is 5.69 Å². The van der Waals surface area contributed by atoms with Crippen molar-refractivity contribution in [1.29, 1.82) is 0 Å². The van der Waals surface area contributed by atoms with Gasteiger partial charge in [-0.1, -0.05) is 91.5 Å². The van der Waals surface area contributed by atoms with Crippen LogP contribution in [0.2, 0.25) is 0 Å². The lowest BCUT2D eigenvalue weighted by molar-refractivity contribution is 0.949. The van der Waals surface area contributed by atoms with Crippen molar-refractivity contribution in [2.45, 2.75) is 12.8 Å². The monoisotopic (exact) mass is 375 g/mol. The van der Waals surface area contributed by atoms with Crippen molar-refractivity contribution in [3.8, 4) is 17.1 Å². The number of allylic oxidation sites excluding steroid dienone is 5. The summed E-state index contributed by atoms with van der Waals surface area (Å²) in [6, 6.07) is 25.1. The van der Waals surface area contributed by atoms with E-state index in [0.29, 0.717) is 0 Å². The highest BCUT2D eigenvalue weighted by molar-refractivity contribution is 5.91. The van der Waals surface area contributed by atoms with E-state index >= 15 is 0 Å². The van der Waals surface area contributed by atoms with Crippen LogP contribution in [0.1, 0.15) is 18.7 Å². The number of hydrogen-bond donors (Lipinski definition) is 0. The van der Waals surface area contributed by atoms with E-state index in [1.807, 2.05) is 24.3 Å². The Morgan fingerprint density at radius 2 is 1.52 bits per heavy atom. The van der Waals surface area contributed by atoms with Crippen molar-refractivity contribution in [2.75, 3.05) is 0 Å². The van der Waals surface area contributed by atoms with Gasteiger partial charge in [-0.3, -0.25) is 4.57 Å². The van der Waals surface area contributed by atoms with E-state index in [-0.39, 0.29) is 0 Å². The predicted octanol–water partition coefficient (Wildman–Crippen LogP) is 6.38. The molecular weight excluding hydrogens is 354 g/mol.